The van der Waals surface area contributed by atoms with Crippen LogP contribution in [-0.4, -0.2) is 32.8 Å². The van der Waals surface area contributed by atoms with Crippen molar-refractivity contribution in [2.45, 2.75) is 23.0 Å². The van der Waals surface area contributed by atoms with Gasteiger partial charge in [0.1, 0.15) is 5.41 Å². The number of hydrogen-bond donors (Lipinski definition) is 1. The van der Waals surface area contributed by atoms with Gasteiger partial charge in [-0.2, -0.15) is 0 Å². The number of carbonyl (C=O) groups excluding carboxylic acids is 1. The summed E-state index contributed by atoms with van der Waals surface area (Å²) in [6.07, 6.45) is 0. The van der Waals surface area contributed by atoms with Crippen LogP contribution in [0.3, 0.4) is 0 Å². The molecule has 2 N–H and O–H groups in total. The SMILES string of the molecule is CCOC(=O)[C@@]1(CN)[C@H](S(=O)(=O)c2ccc(Cl)cc2)[C@@H]1c1cccc(Cl)c1. The van der Waals surface area contributed by atoms with Crippen molar-refractivity contribution in [1.82, 2.24) is 0 Å². The maximum Gasteiger partial charge on any atom is 0.315 e. The Labute approximate surface area is 168 Å². The summed E-state index contributed by atoms with van der Waals surface area (Å²) in [5.74, 6) is -1.25. The summed E-state index contributed by atoms with van der Waals surface area (Å²) in [5.41, 5.74) is 5.23. The van der Waals surface area contributed by atoms with Crippen LogP contribution in [0.5, 0.6) is 0 Å². The Bertz CT molecular complexity index is 962. The van der Waals surface area contributed by atoms with Crippen LogP contribution in [0.25, 0.3) is 0 Å². The Kier molecular flexibility index (Phi) is 5.54. The molecule has 0 aromatic heterocycles. The van der Waals surface area contributed by atoms with E-state index in [1.807, 2.05) is 0 Å². The summed E-state index contributed by atoms with van der Waals surface area (Å²) in [7, 11) is -3.86. The van der Waals surface area contributed by atoms with Crippen LogP contribution < -0.4 is 5.73 Å². The van der Waals surface area contributed by atoms with E-state index in [9.17, 15) is 13.2 Å². The first kappa shape index (κ1) is 20.1. The number of rotatable bonds is 6. The van der Waals surface area contributed by atoms with Gasteiger partial charge in [0.05, 0.1) is 16.8 Å². The van der Waals surface area contributed by atoms with Crippen molar-refractivity contribution < 1.29 is 17.9 Å². The van der Waals surface area contributed by atoms with Crippen molar-refractivity contribution in [3.05, 3.63) is 64.1 Å². The van der Waals surface area contributed by atoms with Crippen LogP contribution in [0.4, 0.5) is 0 Å². The van der Waals surface area contributed by atoms with Crippen molar-refractivity contribution >= 4 is 39.0 Å². The van der Waals surface area contributed by atoms with Crippen molar-refractivity contribution in [1.29, 1.82) is 0 Å². The van der Waals surface area contributed by atoms with E-state index in [1.165, 1.54) is 24.3 Å². The maximum absolute atomic E-state index is 13.3. The molecule has 0 aliphatic heterocycles. The van der Waals surface area contributed by atoms with E-state index in [0.29, 0.717) is 15.6 Å². The van der Waals surface area contributed by atoms with Gasteiger partial charge in [0.25, 0.3) is 0 Å². The second-order valence-electron chi connectivity index (χ2n) is 6.42. The van der Waals surface area contributed by atoms with Crippen LogP contribution in [0.15, 0.2) is 53.4 Å². The zero-order chi connectivity index (χ0) is 19.8. The molecule has 5 nitrogen and oxygen atoms in total. The van der Waals surface area contributed by atoms with Gasteiger partial charge in [-0.25, -0.2) is 8.42 Å². The fourth-order valence-electron chi connectivity index (χ4n) is 3.64. The van der Waals surface area contributed by atoms with E-state index in [-0.39, 0.29) is 18.0 Å². The molecule has 2 aromatic rings. The summed E-state index contributed by atoms with van der Waals surface area (Å²) < 4.78 is 31.8. The zero-order valence-electron chi connectivity index (χ0n) is 14.6. The van der Waals surface area contributed by atoms with Crippen molar-refractivity contribution in [3.63, 3.8) is 0 Å². The van der Waals surface area contributed by atoms with Gasteiger partial charge in [-0.1, -0.05) is 35.3 Å². The van der Waals surface area contributed by atoms with E-state index in [4.69, 9.17) is 33.7 Å². The summed E-state index contributed by atoms with van der Waals surface area (Å²) in [6, 6.07) is 12.7. The summed E-state index contributed by atoms with van der Waals surface area (Å²) >= 11 is 11.9. The molecule has 2 aromatic carbocycles. The first-order valence-corrected chi connectivity index (χ1v) is 10.7. The van der Waals surface area contributed by atoms with Crippen LogP contribution in [0.1, 0.15) is 18.4 Å². The summed E-state index contributed by atoms with van der Waals surface area (Å²) in [4.78, 5) is 12.8. The molecule has 0 heterocycles. The Morgan fingerprint density at radius 1 is 1.15 bits per heavy atom. The van der Waals surface area contributed by atoms with E-state index >= 15 is 0 Å². The number of nitrogens with two attached hydrogens (primary N) is 1. The Hall–Kier alpha value is -1.60. The van der Waals surface area contributed by atoms with Crippen molar-refractivity contribution in [3.8, 4) is 0 Å². The second kappa shape index (κ2) is 7.43. The van der Waals surface area contributed by atoms with E-state index in [2.05, 4.69) is 0 Å². The van der Waals surface area contributed by atoms with Gasteiger partial charge >= 0.3 is 5.97 Å². The average Bonchev–Trinajstić information content (AvgIpc) is 3.34. The molecule has 3 atom stereocenters. The molecule has 1 saturated carbocycles. The van der Waals surface area contributed by atoms with Crippen molar-refractivity contribution in [2.75, 3.05) is 13.2 Å². The fourth-order valence-corrected chi connectivity index (χ4v) is 6.34. The number of ether oxygens (including phenoxy) is 1. The third-order valence-electron chi connectivity index (χ3n) is 4.93. The van der Waals surface area contributed by atoms with Gasteiger partial charge in [-0.15, -0.1) is 0 Å². The number of carbonyl (C=O) groups is 1. The molecule has 27 heavy (non-hydrogen) atoms. The number of halogens is 2. The monoisotopic (exact) mass is 427 g/mol. The molecule has 0 unspecified atom stereocenters. The quantitative estimate of drug-likeness (QED) is 0.713. The lowest BCUT2D eigenvalue weighted by Gasteiger charge is -2.14. The van der Waals surface area contributed by atoms with E-state index < -0.39 is 32.4 Å². The normalized spacial score (nSPS) is 24.4. The Morgan fingerprint density at radius 3 is 2.37 bits per heavy atom. The predicted octanol–water partition coefficient (Wildman–Crippen LogP) is 3.44. The van der Waals surface area contributed by atoms with E-state index in [1.54, 1.807) is 31.2 Å². The third kappa shape index (κ3) is 3.36. The maximum atomic E-state index is 13.3. The van der Waals surface area contributed by atoms with Crippen LogP contribution in [0.2, 0.25) is 10.0 Å². The van der Waals surface area contributed by atoms with Gasteiger partial charge < -0.3 is 10.5 Å². The van der Waals surface area contributed by atoms with Gasteiger partial charge in [0.2, 0.25) is 0 Å². The van der Waals surface area contributed by atoms with Gasteiger partial charge in [-0.05, 0) is 48.9 Å². The minimum absolute atomic E-state index is 0.0866. The lowest BCUT2D eigenvalue weighted by molar-refractivity contribution is -0.149. The smallest absolute Gasteiger partial charge is 0.315 e. The van der Waals surface area contributed by atoms with E-state index in [0.717, 1.165) is 0 Å². The van der Waals surface area contributed by atoms with Crippen LogP contribution >= 0.6 is 23.2 Å². The molecule has 0 saturated heterocycles. The predicted molar refractivity (Wildman–Crippen MR) is 105 cm³/mol. The molecule has 8 heteroatoms. The highest BCUT2D eigenvalue weighted by molar-refractivity contribution is 7.92. The molecule has 1 fully saturated rings. The van der Waals surface area contributed by atoms with Crippen LogP contribution in [-0.2, 0) is 19.4 Å². The molecule has 1 aliphatic rings. The highest BCUT2D eigenvalue weighted by atomic mass is 35.5. The lowest BCUT2D eigenvalue weighted by Crippen LogP contribution is -2.33. The second-order valence-corrected chi connectivity index (χ2v) is 9.36. The Balaban J connectivity index is 2.12. The molecule has 1 aliphatic carbocycles. The minimum Gasteiger partial charge on any atom is -0.465 e. The third-order valence-corrected chi connectivity index (χ3v) is 7.71. The topological polar surface area (TPSA) is 86.5 Å². The lowest BCUT2D eigenvalue weighted by atomic mass is 9.99. The average molecular weight is 428 g/mol. The number of hydrogen-bond acceptors (Lipinski definition) is 5. The highest BCUT2D eigenvalue weighted by Gasteiger charge is 2.75. The molecule has 0 spiro atoms. The molecule has 144 valence electrons. The van der Waals surface area contributed by atoms with Gasteiger partial charge in [0.15, 0.2) is 9.84 Å². The van der Waals surface area contributed by atoms with Crippen LogP contribution in [0, 0.1) is 5.41 Å². The highest BCUT2D eigenvalue weighted by Crippen LogP contribution is 2.64. The first-order chi connectivity index (χ1) is 12.8. The number of sulfone groups is 1. The molecule has 0 radical (unpaired) electrons. The van der Waals surface area contributed by atoms with Gasteiger partial charge in [-0.3, -0.25) is 4.79 Å². The molecule has 0 bridgehead atoms. The number of esters is 1. The minimum atomic E-state index is -3.86. The zero-order valence-corrected chi connectivity index (χ0v) is 16.9. The molecule has 0 amide bonds. The number of benzene rings is 2. The largest absolute Gasteiger partial charge is 0.465 e. The standard InChI is InChI=1S/C19H19Cl2NO4S/c1-2-26-18(23)19(11-22)16(12-4-3-5-14(21)10-12)17(19)27(24,25)15-8-6-13(20)7-9-15/h3-10,16-17H,2,11,22H2,1H3/t16-,17+,19+/m0/s1. The summed E-state index contributed by atoms with van der Waals surface area (Å²) in [5, 5.41) is -0.155. The fraction of sp³-hybridized carbons (Fsp3) is 0.316. The Morgan fingerprint density at radius 2 is 1.81 bits per heavy atom. The molecular weight excluding hydrogens is 409 g/mol. The molecule has 3 rings (SSSR count). The van der Waals surface area contributed by atoms with Crippen molar-refractivity contribution in [2.24, 2.45) is 11.1 Å². The molecular formula is C19H19Cl2NO4S. The summed E-state index contributed by atoms with van der Waals surface area (Å²) in [6.45, 7) is 1.65. The van der Waals surface area contributed by atoms with Gasteiger partial charge in [0, 0.05) is 22.5 Å². The first-order valence-electron chi connectivity index (χ1n) is 8.41.